The molecule has 0 saturated heterocycles. The highest BCUT2D eigenvalue weighted by molar-refractivity contribution is 6.31. The molecule has 0 saturated carbocycles. The Morgan fingerprint density at radius 3 is 2.52 bits per heavy atom. The lowest BCUT2D eigenvalue weighted by atomic mass is 9.73. The molecule has 1 aromatic carbocycles. The Morgan fingerprint density at radius 2 is 2.04 bits per heavy atom. The van der Waals surface area contributed by atoms with Crippen LogP contribution in [0.4, 0.5) is 4.39 Å². The van der Waals surface area contributed by atoms with Crippen LogP contribution in [0.25, 0.3) is 4.85 Å². The summed E-state index contributed by atoms with van der Waals surface area (Å²) >= 11 is 6.25. The molecule has 4 nitrogen and oxygen atoms in total. The van der Waals surface area contributed by atoms with Gasteiger partial charge in [-0.2, -0.15) is 0 Å². The summed E-state index contributed by atoms with van der Waals surface area (Å²) in [6.07, 6.45) is 0. The molecule has 0 radical (unpaired) electrons. The zero-order chi connectivity index (χ0) is 18.9. The molecule has 1 aliphatic rings. The minimum Gasteiger partial charge on any atom is -0.466 e. The number of aliphatic imine (C=N–C) groups is 1. The second-order valence-electron chi connectivity index (χ2n) is 6.96. The van der Waals surface area contributed by atoms with E-state index in [1.165, 1.54) is 25.3 Å². The highest BCUT2D eigenvalue weighted by Gasteiger charge is 2.47. The van der Waals surface area contributed by atoms with E-state index in [1.54, 1.807) is 6.92 Å². The number of carbonyl (C=O) groups is 1. The first-order valence-electron chi connectivity index (χ1n) is 7.81. The van der Waals surface area contributed by atoms with Gasteiger partial charge < -0.3 is 9.58 Å². The SMILES string of the molecule is [C-]#[N+]C1C(C(C)(C)C)=NC(C)=C(C(=O)OC)C1c1ccc(F)cc1Cl. The summed E-state index contributed by atoms with van der Waals surface area (Å²) in [5.74, 6) is -1.70. The molecule has 6 heteroatoms. The van der Waals surface area contributed by atoms with E-state index in [4.69, 9.17) is 22.9 Å². The van der Waals surface area contributed by atoms with Crippen molar-refractivity contribution in [2.75, 3.05) is 7.11 Å². The summed E-state index contributed by atoms with van der Waals surface area (Å²) < 4.78 is 18.4. The molecule has 2 rings (SSSR count). The van der Waals surface area contributed by atoms with Crippen molar-refractivity contribution in [2.45, 2.75) is 39.7 Å². The fourth-order valence-corrected chi connectivity index (χ4v) is 3.34. The zero-order valence-electron chi connectivity index (χ0n) is 14.9. The monoisotopic (exact) mass is 362 g/mol. The first-order chi connectivity index (χ1) is 11.6. The lowest BCUT2D eigenvalue weighted by Crippen LogP contribution is -2.40. The van der Waals surface area contributed by atoms with Crippen LogP contribution in [-0.4, -0.2) is 24.8 Å². The van der Waals surface area contributed by atoms with Gasteiger partial charge in [0.2, 0.25) is 0 Å². The van der Waals surface area contributed by atoms with Gasteiger partial charge in [-0.3, -0.25) is 4.99 Å². The van der Waals surface area contributed by atoms with Crippen LogP contribution >= 0.6 is 11.6 Å². The van der Waals surface area contributed by atoms with E-state index in [-0.39, 0.29) is 16.0 Å². The van der Waals surface area contributed by atoms with Gasteiger partial charge in [0.1, 0.15) is 17.4 Å². The Labute approximate surface area is 152 Å². The molecule has 0 aromatic heterocycles. The molecule has 0 amide bonds. The molecule has 0 N–H and O–H groups in total. The molecule has 1 aromatic rings. The predicted molar refractivity (Wildman–Crippen MR) is 96.1 cm³/mol. The molecule has 132 valence electrons. The third-order valence-corrected chi connectivity index (χ3v) is 4.52. The molecule has 0 fully saturated rings. The molecule has 2 atom stereocenters. The van der Waals surface area contributed by atoms with Gasteiger partial charge in [-0.05, 0) is 24.6 Å². The fraction of sp³-hybridized carbons (Fsp3) is 0.421. The smallest absolute Gasteiger partial charge is 0.336 e. The first kappa shape index (κ1) is 19.1. The van der Waals surface area contributed by atoms with Crippen molar-refractivity contribution in [3.05, 3.63) is 57.3 Å². The number of esters is 1. The van der Waals surface area contributed by atoms with Crippen LogP contribution in [0.15, 0.2) is 34.5 Å². The number of methoxy groups -OCH3 is 1. The van der Waals surface area contributed by atoms with Gasteiger partial charge in [-0.25, -0.2) is 15.8 Å². The van der Waals surface area contributed by atoms with Crippen LogP contribution in [-0.2, 0) is 9.53 Å². The number of nitrogens with zero attached hydrogens (tertiary/aromatic N) is 2. The van der Waals surface area contributed by atoms with Gasteiger partial charge in [-0.1, -0.05) is 38.4 Å². The van der Waals surface area contributed by atoms with Crippen molar-refractivity contribution in [2.24, 2.45) is 10.4 Å². The lowest BCUT2D eigenvalue weighted by molar-refractivity contribution is -0.136. The Bertz CT molecular complexity index is 816. The summed E-state index contributed by atoms with van der Waals surface area (Å²) in [5.41, 5.74) is 1.58. The fourth-order valence-electron chi connectivity index (χ4n) is 3.06. The predicted octanol–water partition coefficient (Wildman–Crippen LogP) is 4.80. The van der Waals surface area contributed by atoms with Crippen LogP contribution in [0.2, 0.25) is 5.02 Å². The van der Waals surface area contributed by atoms with E-state index in [1.807, 2.05) is 20.8 Å². The maximum Gasteiger partial charge on any atom is 0.336 e. The Morgan fingerprint density at radius 1 is 1.40 bits per heavy atom. The van der Waals surface area contributed by atoms with Crippen molar-refractivity contribution >= 4 is 23.3 Å². The van der Waals surface area contributed by atoms with Gasteiger partial charge in [0.05, 0.1) is 12.7 Å². The molecule has 0 spiro atoms. The maximum atomic E-state index is 13.5. The highest BCUT2D eigenvalue weighted by Crippen LogP contribution is 2.43. The maximum absolute atomic E-state index is 13.5. The third-order valence-electron chi connectivity index (χ3n) is 4.20. The second-order valence-corrected chi connectivity index (χ2v) is 7.36. The van der Waals surface area contributed by atoms with E-state index in [0.29, 0.717) is 17.0 Å². The first-order valence-corrected chi connectivity index (χ1v) is 8.19. The summed E-state index contributed by atoms with van der Waals surface area (Å²) in [6, 6.07) is 3.25. The number of hydrogen-bond donors (Lipinski definition) is 0. The van der Waals surface area contributed by atoms with Crippen LogP contribution < -0.4 is 0 Å². The van der Waals surface area contributed by atoms with Crippen molar-refractivity contribution in [1.29, 1.82) is 0 Å². The Hall–Kier alpha value is -2.19. The van der Waals surface area contributed by atoms with E-state index >= 15 is 0 Å². The molecule has 2 unspecified atom stereocenters. The van der Waals surface area contributed by atoms with E-state index in [0.717, 1.165) is 0 Å². The van der Waals surface area contributed by atoms with Crippen molar-refractivity contribution in [1.82, 2.24) is 0 Å². The third kappa shape index (κ3) is 3.59. The zero-order valence-corrected chi connectivity index (χ0v) is 15.6. The number of benzene rings is 1. The highest BCUT2D eigenvalue weighted by atomic mass is 35.5. The minimum absolute atomic E-state index is 0.169. The number of carbonyl (C=O) groups excluding carboxylic acids is 1. The van der Waals surface area contributed by atoms with E-state index < -0.39 is 23.7 Å². The summed E-state index contributed by atoms with van der Waals surface area (Å²) in [6.45, 7) is 15.3. The van der Waals surface area contributed by atoms with E-state index in [9.17, 15) is 9.18 Å². The number of hydrogen-bond acceptors (Lipinski definition) is 3. The lowest BCUT2D eigenvalue weighted by Gasteiger charge is -2.32. The number of allylic oxidation sites excluding steroid dienone is 1. The molecular weight excluding hydrogens is 343 g/mol. The van der Waals surface area contributed by atoms with Gasteiger partial charge in [0.25, 0.3) is 6.04 Å². The number of halogens is 2. The standard InChI is InChI=1S/C19H20ClFN2O2/c1-10-14(18(24)25-6)15(12-8-7-11(21)9-13(12)20)16(22-5)17(23-10)19(2,3)4/h7-9,15-16H,1-4,6H3. The molecule has 0 aliphatic carbocycles. The second kappa shape index (κ2) is 6.97. The van der Waals surface area contributed by atoms with Crippen molar-refractivity contribution < 1.29 is 13.9 Å². The minimum atomic E-state index is -0.722. The van der Waals surface area contributed by atoms with Crippen molar-refractivity contribution in [3.63, 3.8) is 0 Å². The molecular formula is C19H20ClFN2O2. The molecule has 0 bridgehead atoms. The molecule has 1 aliphatic heterocycles. The van der Waals surface area contributed by atoms with Gasteiger partial charge in [0, 0.05) is 16.1 Å². The average molecular weight is 363 g/mol. The average Bonchev–Trinajstić information content (AvgIpc) is 2.52. The quantitative estimate of drug-likeness (QED) is 0.560. The molecule has 1 heterocycles. The Kier molecular flexibility index (Phi) is 5.34. The summed E-state index contributed by atoms with van der Waals surface area (Å²) in [4.78, 5) is 20.7. The van der Waals surface area contributed by atoms with Crippen LogP contribution in [0.3, 0.4) is 0 Å². The summed E-state index contributed by atoms with van der Waals surface area (Å²) in [7, 11) is 1.28. The van der Waals surface area contributed by atoms with Gasteiger partial charge >= 0.3 is 5.97 Å². The summed E-state index contributed by atoms with van der Waals surface area (Å²) in [5, 5.41) is 0.169. The number of ether oxygens (including phenoxy) is 1. The Balaban J connectivity index is 2.78. The van der Waals surface area contributed by atoms with Crippen molar-refractivity contribution in [3.8, 4) is 0 Å². The topological polar surface area (TPSA) is 43.0 Å². The van der Waals surface area contributed by atoms with Crippen LogP contribution in [0, 0.1) is 17.8 Å². The number of rotatable bonds is 2. The van der Waals surface area contributed by atoms with Gasteiger partial charge in [-0.15, -0.1) is 0 Å². The van der Waals surface area contributed by atoms with Gasteiger partial charge in [0.15, 0.2) is 0 Å². The van der Waals surface area contributed by atoms with Crippen LogP contribution in [0.5, 0.6) is 0 Å². The van der Waals surface area contributed by atoms with E-state index in [2.05, 4.69) is 9.84 Å². The molecule has 25 heavy (non-hydrogen) atoms. The van der Waals surface area contributed by atoms with Crippen LogP contribution in [0.1, 0.15) is 39.2 Å². The largest absolute Gasteiger partial charge is 0.466 e. The normalized spacial score (nSPS) is 20.8.